The van der Waals surface area contributed by atoms with Crippen LogP contribution in [0, 0.1) is 27.7 Å². The van der Waals surface area contributed by atoms with Gasteiger partial charge in [0.05, 0.1) is 8.07 Å². The highest BCUT2D eigenvalue weighted by Crippen LogP contribution is 2.58. The van der Waals surface area contributed by atoms with Crippen LogP contribution in [-0.2, 0) is 0 Å². The molecule has 4 aromatic carbocycles. The number of benzene rings is 4. The second kappa shape index (κ2) is 11.1. The Labute approximate surface area is 279 Å². The van der Waals surface area contributed by atoms with Crippen molar-refractivity contribution in [2.24, 2.45) is 0 Å². The van der Waals surface area contributed by atoms with Crippen LogP contribution in [0.1, 0.15) is 67.5 Å². The minimum absolute atomic E-state index is 0.211. The summed E-state index contributed by atoms with van der Waals surface area (Å²) in [6.07, 6.45) is 4.88. The first-order chi connectivity index (χ1) is 22.7. The topological polar surface area (TPSA) is 26.3 Å². The van der Waals surface area contributed by atoms with Gasteiger partial charge in [0.2, 0.25) is 0 Å². The molecule has 0 bridgehead atoms. The molecule has 2 nitrogen and oxygen atoms in total. The molecule has 0 fully saturated rings. The Bertz CT molecular complexity index is 2010. The zero-order valence-corrected chi connectivity index (χ0v) is 29.0. The van der Waals surface area contributed by atoms with E-state index in [9.17, 15) is 0 Å². The van der Waals surface area contributed by atoms with E-state index in [-0.39, 0.29) is 11.1 Å². The Kier molecular flexibility index (Phi) is 7.00. The van der Waals surface area contributed by atoms with Gasteiger partial charge in [-0.15, -0.1) is 0 Å². The van der Waals surface area contributed by atoms with Gasteiger partial charge in [-0.1, -0.05) is 110 Å². The zero-order chi connectivity index (χ0) is 32.4. The lowest BCUT2D eigenvalue weighted by Gasteiger charge is -2.39. The summed E-state index contributed by atoms with van der Waals surface area (Å²) in [6, 6.07) is 39.9. The Morgan fingerprint density at radius 1 is 0.489 bits per heavy atom. The van der Waals surface area contributed by atoms with Crippen molar-refractivity contribution in [1.29, 1.82) is 0 Å². The quantitative estimate of drug-likeness (QED) is 0.172. The van der Waals surface area contributed by atoms with E-state index in [4.69, 9.17) is 8.83 Å². The standard InChI is InChI=1S/C44H40O2Si/c1-27-23-41(45-29(27)3)39-25-37-33(31-15-9-7-10-16-31)19-13-21-35(37)43(39)47(5,6)44-36-22-14-20-34(32-17-11-8-12-18-32)38(36)26-40(44)42-24-28(2)30(4)46-42/h7-26,43-44H,1-6H3. The van der Waals surface area contributed by atoms with Gasteiger partial charge in [0, 0.05) is 22.2 Å². The van der Waals surface area contributed by atoms with Crippen LogP contribution in [-0.4, -0.2) is 8.07 Å². The number of aryl methyl sites for hydroxylation is 4. The number of rotatable bonds is 6. The molecule has 8 rings (SSSR count). The molecular weight excluding hydrogens is 589 g/mol. The monoisotopic (exact) mass is 628 g/mol. The number of allylic oxidation sites excluding steroid dienone is 2. The molecule has 2 unspecified atom stereocenters. The van der Waals surface area contributed by atoms with Crippen LogP contribution < -0.4 is 0 Å². The van der Waals surface area contributed by atoms with Gasteiger partial charge in [0.15, 0.2) is 0 Å². The first-order valence-corrected chi connectivity index (χ1v) is 19.8. The molecule has 6 aromatic rings. The number of hydrogen-bond donors (Lipinski definition) is 0. The fourth-order valence-electron chi connectivity index (χ4n) is 8.17. The smallest absolute Gasteiger partial charge is 0.130 e. The molecule has 2 aromatic heterocycles. The molecule has 232 valence electrons. The van der Waals surface area contributed by atoms with Gasteiger partial charge >= 0.3 is 0 Å². The molecule has 2 aliphatic rings. The van der Waals surface area contributed by atoms with Crippen molar-refractivity contribution in [1.82, 2.24) is 0 Å². The van der Waals surface area contributed by atoms with Crippen LogP contribution in [0.4, 0.5) is 0 Å². The number of hydrogen-bond acceptors (Lipinski definition) is 2. The normalized spacial score (nSPS) is 17.0. The SMILES string of the molecule is Cc1cc(C2=Cc3c(-c4ccccc4)cccc3C2[Si](C)(C)C2C(c3cc(C)c(C)o3)=Cc3c(-c4ccccc4)cccc32)oc1C. The number of fused-ring (bicyclic) bond motifs is 2. The number of furan rings is 2. The highest BCUT2D eigenvalue weighted by molar-refractivity contribution is 6.84. The first-order valence-electron chi connectivity index (χ1n) is 16.7. The van der Waals surface area contributed by atoms with Gasteiger partial charge in [0.1, 0.15) is 23.0 Å². The van der Waals surface area contributed by atoms with Crippen LogP contribution >= 0.6 is 0 Å². The van der Waals surface area contributed by atoms with Crippen molar-refractivity contribution in [3.63, 3.8) is 0 Å². The van der Waals surface area contributed by atoms with E-state index in [2.05, 4.69) is 162 Å². The van der Waals surface area contributed by atoms with Crippen LogP contribution in [0.15, 0.2) is 118 Å². The Balaban J connectivity index is 1.36. The molecule has 0 amide bonds. The maximum atomic E-state index is 6.56. The third kappa shape index (κ3) is 4.75. The molecule has 0 radical (unpaired) electrons. The fourth-order valence-corrected chi connectivity index (χ4v) is 12.7. The summed E-state index contributed by atoms with van der Waals surface area (Å²) in [6.45, 7) is 13.6. The van der Waals surface area contributed by atoms with E-state index in [1.165, 1.54) is 66.8 Å². The summed E-state index contributed by atoms with van der Waals surface area (Å²) in [7, 11) is -2.35. The van der Waals surface area contributed by atoms with Gasteiger partial charge < -0.3 is 8.83 Å². The highest BCUT2D eigenvalue weighted by Gasteiger charge is 2.50. The molecule has 0 N–H and O–H groups in total. The molecule has 2 heterocycles. The minimum atomic E-state index is -2.35. The average molecular weight is 629 g/mol. The predicted molar refractivity (Wildman–Crippen MR) is 199 cm³/mol. The highest BCUT2D eigenvalue weighted by atomic mass is 28.3. The van der Waals surface area contributed by atoms with E-state index < -0.39 is 8.07 Å². The summed E-state index contributed by atoms with van der Waals surface area (Å²) in [5.41, 5.74) is 15.9. The lowest BCUT2D eigenvalue weighted by molar-refractivity contribution is 0.517. The van der Waals surface area contributed by atoms with E-state index >= 15 is 0 Å². The Morgan fingerprint density at radius 3 is 1.26 bits per heavy atom. The maximum Gasteiger partial charge on any atom is 0.130 e. The van der Waals surface area contributed by atoms with Crippen molar-refractivity contribution >= 4 is 31.4 Å². The largest absolute Gasteiger partial charge is 0.461 e. The van der Waals surface area contributed by atoms with Crippen molar-refractivity contribution < 1.29 is 8.83 Å². The van der Waals surface area contributed by atoms with Gasteiger partial charge in [0.25, 0.3) is 0 Å². The molecule has 0 saturated carbocycles. The van der Waals surface area contributed by atoms with E-state index in [1.807, 2.05) is 0 Å². The van der Waals surface area contributed by atoms with Gasteiger partial charge in [-0.3, -0.25) is 0 Å². The molecular formula is C44H40O2Si. The van der Waals surface area contributed by atoms with Crippen molar-refractivity contribution in [2.75, 3.05) is 0 Å². The van der Waals surface area contributed by atoms with Gasteiger partial charge in [-0.2, -0.15) is 0 Å². The second-order valence-electron chi connectivity index (χ2n) is 13.9. The summed E-state index contributed by atoms with van der Waals surface area (Å²) in [5.74, 6) is 3.96. The Hall–Kier alpha value is -4.86. The Morgan fingerprint density at radius 2 is 0.894 bits per heavy atom. The molecule has 0 aliphatic heterocycles. The van der Waals surface area contributed by atoms with Gasteiger partial charge in [-0.25, -0.2) is 0 Å². The molecule has 0 spiro atoms. The molecule has 47 heavy (non-hydrogen) atoms. The zero-order valence-electron chi connectivity index (χ0n) is 28.0. The van der Waals surface area contributed by atoms with Crippen LogP contribution in [0.25, 0.3) is 45.6 Å². The van der Waals surface area contributed by atoms with Gasteiger partial charge in [-0.05, 0) is 108 Å². The third-order valence-corrected chi connectivity index (χ3v) is 14.9. The van der Waals surface area contributed by atoms with Crippen LogP contribution in [0.3, 0.4) is 0 Å². The van der Waals surface area contributed by atoms with E-state index in [0.717, 1.165) is 23.0 Å². The molecule has 0 saturated heterocycles. The first kappa shape index (κ1) is 29.5. The average Bonchev–Trinajstić information content (AvgIpc) is 3.84. The third-order valence-electron chi connectivity index (χ3n) is 10.7. The van der Waals surface area contributed by atoms with Crippen molar-refractivity contribution in [2.45, 2.75) is 51.9 Å². The lowest BCUT2D eigenvalue weighted by Crippen LogP contribution is -2.42. The van der Waals surface area contributed by atoms with Crippen molar-refractivity contribution in [3.8, 4) is 22.3 Å². The summed E-state index contributed by atoms with van der Waals surface area (Å²) in [4.78, 5) is 0. The maximum absolute atomic E-state index is 6.56. The van der Waals surface area contributed by atoms with Crippen LogP contribution in [0.2, 0.25) is 13.1 Å². The van der Waals surface area contributed by atoms with Crippen LogP contribution in [0.5, 0.6) is 0 Å². The molecule has 2 atom stereocenters. The lowest BCUT2D eigenvalue weighted by atomic mass is 9.97. The predicted octanol–water partition coefficient (Wildman–Crippen LogP) is 12.2. The molecule has 2 aliphatic carbocycles. The van der Waals surface area contributed by atoms with E-state index in [0.29, 0.717) is 0 Å². The summed E-state index contributed by atoms with van der Waals surface area (Å²) in [5, 5.41) is 0. The van der Waals surface area contributed by atoms with E-state index in [1.54, 1.807) is 0 Å². The summed E-state index contributed by atoms with van der Waals surface area (Å²) < 4.78 is 13.1. The fraction of sp³-hybridized carbons (Fsp3) is 0.182. The molecule has 3 heteroatoms. The minimum Gasteiger partial charge on any atom is -0.461 e. The van der Waals surface area contributed by atoms with Crippen molar-refractivity contribution in [3.05, 3.63) is 166 Å². The summed E-state index contributed by atoms with van der Waals surface area (Å²) >= 11 is 0. The second-order valence-corrected chi connectivity index (χ2v) is 18.7.